The van der Waals surface area contributed by atoms with Crippen LogP contribution < -0.4 is 0 Å². The van der Waals surface area contributed by atoms with Gasteiger partial charge in [0.25, 0.3) is 0 Å². The summed E-state index contributed by atoms with van der Waals surface area (Å²) in [6.07, 6.45) is 5.09. The van der Waals surface area contributed by atoms with Crippen molar-refractivity contribution in [2.45, 2.75) is 38.5 Å². The Labute approximate surface area is 173 Å². The molecule has 0 spiro atoms. The molecule has 7 nitrogen and oxygen atoms in total. The van der Waals surface area contributed by atoms with Gasteiger partial charge >= 0.3 is 23.9 Å². The molecule has 0 radical (unpaired) electrons. The summed E-state index contributed by atoms with van der Waals surface area (Å²) in [5, 5.41) is 0. The van der Waals surface area contributed by atoms with Crippen molar-refractivity contribution in [1.82, 2.24) is 0 Å². The third-order valence-electron chi connectivity index (χ3n) is 10.2. The third kappa shape index (κ3) is 1.95. The molecule has 5 saturated carbocycles. The maximum absolute atomic E-state index is 13.5. The molecule has 2 saturated heterocycles. The van der Waals surface area contributed by atoms with Crippen LogP contribution in [-0.2, 0) is 33.4 Å². The molecule has 0 aromatic rings. The minimum Gasteiger partial charge on any atom is -0.393 e. The van der Waals surface area contributed by atoms with Gasteiger partial charge in [-0.05, 0) is 74.0 Å². The summed E-state index contributed by atoms with van der Waals surface area (Å²) in [6.45, 7) is 0. The van der Waals surface area contributed by atoms with Gasteiger partial charge in [-0.2, -0.15) is 0 Å². The Balaban J connectivity index is 1.11. The largest absolute Gasteiger partial charge is 0.393 e. The molecule has 7 heteroatoms. The molecule has 0 N–H and O–H groups in total. The van der Waals surface area contributed by atoms with E-state index in [9.17, 15) is 24.0 Å². The lowest BCUT2D eigenvalue weighted by Gasteiger charge is -2.33. The molecule has 7 fully saturated rings. The van der Waals surface area contributed by atoms with Crippen LogP contribution in [0.3, 0.4) is 0 Å². The maximum atomic E-state index is 13.5. The van der Waals surface area contributed by atoms with E-state index in [1.54, 1.807) is 0 Å². The van der Waals surface area contributed by atoms with Crippen LogP contribution in [0.15, 0.2) is 0 Å². The zero-order valence-electron chi connectivity index (χ0n) is 16.5. The Kier molecular flexibility index (Phi) is 3.29. The zero-order valence-corrected chi connectivity index (χ0v) is 16.5. The van der Waals surface area contributed by atoms with Crippen LogP contribution in [0.5, 0.6) is 0 Å². The van der Waals surface area contributed by atoms with Crippen molar-refractivity contribution >= 4 is 29.7 Å². The van der Waals surface area contributed by atoms with E-state index in [1.807, 2.05) is 0 Å². The van der Waals surface area contributed by atoms with Gasteiger partial charge in [-0.1, -0.05) is 0 Å². The Bertz CT molecular complexity index is 851. The minimum atomic E-state index is -0.382. The minimum absolute atomic E-state index is 0.0402. The second-order valence-corrected chi connectivity index (χ2v) is 10.9. The van der Waals surface area contributed by atoms with Gasteiger partial charge in [0.1, 0.15) is 5.78 Å². The highest BCUT2D eigenvalue weighted by Gasteiger charge is 2.67. The molecule has 4 bridgehead atoms. The number of carbonyl (C=O) groups excluding carboxylic acids is 5. The molecule has 2 aliphatic heterocycles. The summed E-state index contributed by atoms with van der Waals surface area (Å²) >= 11 is 0. The highest BCUT2D eigenvalue weighted by Crippen LogP contribution is 2.64. The van der Waals surface area contributed by atoms with Gasteiger partial charge in [-0.15, -0.1) is 0 Å². The summed E-state index contributed by atoms with van der Waals surface area (Å²) in [6, 6.07) is 0. The van der Waals surface area contributed by atoms with Gasteiger partial charge in [0.2, 0.25) is 0 Å². The van der Waals surface area contributed by atoms with Gasteiger partial charge in [0, 0.05) is 11.8 Å². The van der Waals surface area contributed by atoms with Crippen LogP contribution in [0.25, 0.3) is 0 Å². The Hall–Kier alpha value is -2.05. The number of hydrogen-bond acceptors (Lipinski definition) is 7. The molecule has 5 aliphatic carbocycles. The van der Waals surface area contributed by atoms with E-state index in [-0.39, 0.29) is 94.9 Å². The van der Waals surface area contributed by atoms with E-state index in [0.717, 1.165) is 38.5 Å². The molecule has 30 heavy (non-hydrogen) atoms. The van der Waals surface area contributed by atoms with Crippen molar-refractivity contribution < 1.29 is 33.4 Å². The van der Waals surface area contributed by atoms with E-state index in [0.29, 0.717) is 5.78 Å². The number of esters is 4. The highest BCUT2D eigenvalue weighted by atomic mass is 16.6. The average Bonchev–Trinajstić information content (AvgIpc) is 3.51. The van der Waals surface area contributed by atoms with E-state index >= 15 is 0 Å². The second-order valence-electron chi connectivity index (χ2n) is 10.9. The van der Waals surface area contributed by atoms with Crippen LogP contribution in [0, 0.1) is 71.0 Å². The first-order chi connectivity index (χ1) is 14.4. The topological polar surface area (TPSA) is 104 Å². The molecule has 12 unspecified atom stereocenters. The maximum Gasteiger partial charge on any atom is 0.317 e. The smallest absolute Gasteiger partial charge is 0.317 e. The fourth-order valence-electron chi connectivity index (χ4n) is 9.31. The molecule has 0 aromatic heterocycles. The van der Waals surface area contributed by atoms with Crippen LogP contribution in [0.4, 0.5) is 0 Å². The molecule has 7 rings (SSSR count). The molecular weight excluding hydrogens is 388 g/mol. The van der Waals surface area contributed by atoms with Gasteiger partial charge in [-0.3, -0.25) is 24.0 Å². The van der Waals surface area contributed by atoms with Crippen molar-refractivity contribution in [3.05, 3.63) is 0 Å². The van der Waals surface area contributed by atoms with Crippen molar-refractivity contribution in [1.29, 1.82) is 0 Å². The molecule has 0 aromatic carbocycles. The second kappa shape index (κ2) is 5.60. The molecule has 158 valence electrons. The van der Waals surface area contributed by atoms with E-state index in [2.05, 4.69) is 0 Å². The summed E-state index contributed by atoms with van der Waals surface area (Å²) in [4.78, 5) is 62.0. The molecule has 12 atom stereocenters. The van der Waals surface area contributed by atoms with Gasteiger partial charge in [0.05, 0.1) is 23.7 Å². The molecular formula is C23H24O7. The number of carbonyl (C=O) groups is 5. The van der Waals surface area contributed by atoms with Crippen LogP contribution in [0.1, 0.15) is 38.5 Å². The number of hydrogen-bond donors (Lipinski definition) is 0. The number of Topliss-reactive ketones (excluding diaryl/α,β-unsaturated/α-hetero) is 1. The first kappa shape index (κ1) is 17.6. The predicted octanol–water partition coefficient (Wildman–Crippen LogP) is 1.53. The number of fused-ring (bicyclic) bond motifs is 10. The summed E-state index contributed by atoms with van der Waals surface area (Å²) in [5.74, 6) is -1.59. The predicted molar refractivity (Wildman–Crippen MR) is 96.8 cm³/mol. The monoisotopic (exact) mass is 412 g/mol. The Morgan fingerprint density at radius 1 is 0.500 bits per heavy atom. The number of ether oxygens (including phenoxy) is 2. The van der Waals surface area contributed by atoms with E-state index in [4.69, 9.17) is 9.47 Å². The third-order valence-corrected chi connectivity index (χ3v) is 10.2. The van der Waals surface area contributed by atoms with E-state index < -0.39 is 0 Å². The van der Waals surface area contributed by atoms with Crippen LogP contribution >= 0.6 is 0 Å². The first-order valence-corrected chi connectivity index (χ1v) is 11.5. The quantitative estimate of drug-likeness (QED) is 0.500. The fourth-order valence-corrected chi connectivity index (χ4v) is 9.31. The van der Waals surface area contributed by atoms with Crippen LogP contribution in [0.2, 0.25) is 0 Å². The van der Waals surface area contributed by atoms with Gasteiger partial charge < -0.3 is 9.47 Å². The lowest BCUT2D eigenvalue weighted by atomic mass is 9.67. The van der Waals surface area contributed by atoms with Crippen molar-refractivity contribution in [2.75, 3.05) is 0 Å². The molecule has 7 aliphatic rings. The highest BCUT2D eigenvalue weighted by molar-refractivity contribution is 5.98. The van der Waals surface area contributed by atoms with Gasteiger partial charge in [0.15, 0.2) is 0 Å². The summed E-state index contributed by atoms with van der Waals surface area (Å²) in [7, 11) is 0. The lowest BCUT2D eigenvalue weighted by molar-refractivity contribution is -0.156. The lowest BCUT2D eigenvalue weighted by Crippen LogP contribution is -2.38. The zero-order chi connectivity index (χ0) is 20.5. The number of rotatable bonds is 2. The van der Waals surface area contributed by atoms with Crippen molar-refractivity contribution in [3.8, 4) is 0 Å². The average molecular weight is 412 g/mol. The Morgan fingerprint density at radius 2 is 0.867 bits per heavy atom. The first-order valence-electron chi connectivity index (χ1n) is 11.5. The summed E-state index contributed by atoms with van der Waals surface area (Å²) in [5.41, 5.74) is 0. The van der Waals surface area contributed by atoms with Crippen molar-refractivity contribution in [3.63, 3.8) is 0 Å². The molecule has 0 amide bonds. The number of ketones is 1. The van der Waals surface area contributed by atoms with Gasteiger partial charge in [-0.25, -0.2) is 0 Å². The normalized spacial score (nSPS) is 55.4. The summed E-state index contributed by atoms with van der Waals surface area (Å²) < 4.78 is 9.82. The van der Waals surface area contributed by atoms with Crippen LogP contribution in [-0.4, -0.2) is 29.7 Å². The fraction of sp³-hybridized carbons (Fsp3) is 0.783. The Morgan fingerprint density at radius 3 is 1.30 bits per heavy atom. The molecule has 2 heterocycles. The van der Waals surface area contributed by atoms with E-state index in [1.165, 1.54) is 0 Å². The standard InChI is InChI=1S/C23H24O7/c24-19-9(11-3-7-5-13(11)17-15(7)20(25)29-22(17)27)1-2-10(19)12-4-8-6-14(12)18-16(8)21(26)30-23(18)28/h7-18H,1-6H2. The number of cyclic esters (lactones) is 4. The SMILES string of the molecule is O=C1C(C2CC3CC2C2C(=O)OC(=O)C32)CCC1C1CC2CC1C1C(=O)OC(=O)C21. The van der Waals surface area contributed by atoms with Crippen molar-refractivity contribution in [2.24, 2.45) is 71.0 Å².